The molecule has 2 atom stereocenters. The molecule has 0 saturated carbocycles. The van der Waals surface area contributed by atoms with Crippen molar-refractivity contribution in [3.63, 3.8) is 0 Å². The molecule has 2 N–H and O–H groups in total. The van der Waals surface area contributed by atoms with Gasteiger partial charge in [0.1, 0.15) is 5.01 Å². The van der Waals surface area contributed by atoms with Crippen molar-refractivity contribution in [2.24, 2.45) is 11.7 Å². The van der Waals surface area contributed by atoms with E-state index in [9.17, 15) is 0 Å². The van der Waals surface area contributed by atoms with Crippen molar-refractivity contribution < 1.29 is 0 Å². The van der Waals surface area contributed by atoms with Crippen molar-refractivity contribution in [3.8, 4) is 0 Å². The molecule has 1 aromatic heterocycles. The van der Waals surface area contributed by atoms with Gasteiger partial charge in [0, 0.05) is 23.7 Å². The quantitative estimate of drug-likeness (QED) is 0.926. The van der Waals surface area contributed by atoms with Crippen LogP contribution in [0.2, 0.25) is 0 Å². The Kier molecular flexibility index (Phi) is 4.64. The van der Waals surface area contributed by atoms with Crippen LogP contribution in [-0.4, -0.2) is 29.0 Å². The maximum absolute atomic E-state index is 5.95. The second-order valence-corrected chi connectivity index (χ2v) is 7.88. The number of hydrogen-bond acceptors (Lipinski definition) is 4. The molecule has 0 aromatic carbocycles. The molecule has 2 unspecified atom stereocenters. The monoisotopic (exact) mass is 281 g/mol. The molecule has 0 radical (unpaired) electrons. The molecule has 2 rings (SSSR count). The van der Waals surface area contributed by atoms with Crippen LogP contribution in [-0.2, 0) is 12.0 Å². The minimum absolute atomic E-state index is 0.207. The van der Waals surface area contributed by atoms with Gasteiger partial charge in [-0.15, -0.1) is 11.3 Å². The van der Waals surface area contributed by atoms with Gasteiger partial charge in [-0.1, -0.05) is 27.7 Å². The van der Waals surface area contributed by atoms with Gasteiger partial charge in [0.2, 0.25) is 0 Å². The van der Waals surface area contributed by atoms with Crippen molar-refractivity contribution >= 4 is 11.3 Å². The number of hydrogen-bond donors (Lipinski definition) is 1. The molecule has 108 valence electrons. The van der Waals surface area contributed by atoms with Crippen molar-refractivity contribution in [2.45, 2.75) is 58.5 Å². The molecule has 1 aliphatic rings. The predicted octanol–water partition coefficient (Wildman–Crippen LogP) is 3.00. The Morgan fingerprint density at radius 1 is 1.47 bits per heavy atom. The summed E-state index contributed by atoms with van der Waals surface area (Å²) in [4.78, 5) is 8.51. The summed E-state index contributed by atoms with van der Waals surface area (Å²) in [5, 5.41) is 1.23. The number of piperidine rings is 1. The van der Waals surface area contributed by atoms with Crippen molar-refractivity contribution in [2.75, 3.05) is 13.1 Å². The Labute approximate surface area is 121 Å². The lowest BCUT2D eigenvalue weighted by Crippen LogP contribution is -2.47. The fourth-order valence-electron chi connectivity index (χ4n) is 2.82. The maximum atomic E-state index is 5.95. The summed E-state index contributed by atoms with van der Waals surface area (Å²) in [5.74, 6) is 0.709. The summed E-state index contributed by atoms with van der Waals surface area (Å²) in [6.07, 6.45) is 4.64. The molecule has 0 aliphatic carbocycles. The van der Waals surface area contributed by atoms with Crippen LogP contribution >= 0.6 is 11.3 Å². The summed E-state index contributed by atoms with van der Waals surface area (Å²) >= 11 is 1.85. The van der Waals surface area contributed by atoms with Crippen LogP contribution in [0.1, 0.15) is 50.4 Å². The third-order valence-electron chi connectivity index (χ3n) is 4.10. The fraction of sp³-hybridized carbons (Fsp3) is 0.800. The topological polar surface area (TPSA) is 42.2 Å². The average Bonchev–Trinajstić information content (AvgIpc) is 2.77. The lowest BCUT2D eigenvalue weighted by molar-refractivity contribution is 0.0990. The minimum atomic E-state index is 0.207. The first-order chi connectivity index (χ1) is 8.91. The number of likely N-dealkylation sites (tertiary alicyclic amines) is 1. The van der Waals surface area contributed by atoms with Gasteiger partial charge in [-0.3, -0.25) is 4.90 Å². The molecule has 1 aromatic rings. The molecule has 2 heterocycles. The van der Waals surface area contributed by atoms with Gasteiger partial charge in [0.15, 0.2) is 0 Å². The normalized spacial score (nSPS) is 25.7. The Bertz CT molecular complexity index is 408. The van der Waals surface area contributed by atoms with E-state index in [1.165, 1.54) is 22.7 Å². The van der Waals surface area contributed by atoms with E-state index >= 15 is 0 Å². The Morgan fingerprint density at radius 2 is 2.21 bits per heavy atom. The maximum Gasteiger partial charge on any atom is 0.107 e. The van der Waals surface area contributed by atoms with E-state index in [0.29, 0.717) is 12.0 Å². The molecule has 3 nitrogen and oxygen atoms in total. The fourth-order valence-corrected chi connectivity index (χ4v) is 3.82. The lowest BCUT2D eigenvalue weighted by Gasteiger charge is -2.38. The molecule has 0 spiro atoms. The highest BCUT2D eigenvalue weighted by molar-refractivity contribution is 7.11. The van der Waals surface area contributed by atoms with Crippen molar-refractivity contribution in [1.29, 1.82) is 0 Å². The van der Waals surface area contributed by atoms with E-state index < -0.39 is 0 Å². The summed E-state index contributed by atoms with van der Waals surface area (Å²) in [6.45, 7) is 12.0. The largest absolute Gasteiger partial charge is 0.329 e. The van der Waals surface area contributed by atoms with Gasteiger partial charge < -0.3 is 5.73 Å². The Morgan fingerprint density at radius 3 is 2.79 bits per heavy atom. The predicted molar refractivity (Wildman–Crippen MR) is 82.5 cm³/mol. The highest BCUT2D eigenvalue weighted by atomic mass is 32.1. The van der Waals surface area contributed by atoms with Crippen molar-refractivity contribution in [1.82, 2.24) is 9.88 Å². The summed E-state index contributed by atoms with van der Waals surface area (Å²) < 4.78 is 0. The standard InChI is InChI=1S/C15H27N3S/c1-11-6-5-7-18(12(11)8-16)10-14-17-9-13(19-14)15(2,3)4/h9,11-12H,5-8,10,16H2,1-4H3. The van der Waals surface area contributed by atoms with E-state index in [-0.39, 0.29) is 5.41 Å². The molecule has 1 aliphatic heterocycles. The molecular weight excluding hydrogens is 254 g/mol. The average molecular weight is 281 g/mol. The minimum Gasteiger partial charge on any atom is -0.329 e. The second-order valence-electron chi connectivity index (χ2n) is 6.76. The number of aromatic nitrogens is 1. The van der Waals surface area contributed by atoms with Crippen LogP contribution in [0.15, 0.2) is 6.20 Å². The van der Waals surface area contributed by atoms with E-state index in [1.807, 2.05) is 17.5 Å². The smallest absolute Gasteiger partial charge is 0.107 e. The first-order valence-corrected chi connectivity index (χ1v) is 8.12. The molecule has 19 heavy (non-hydrogen) atoms. The van der Waals surface area contributed by atoms with Gasteiger partial charge in [0.25, 0.3) is 0 Å². The Hall–Kier alpha value is -0.450. The third-order valence-corrected chi connectivity index (χ3v) is 5.51. The zero-order valence-electron chi connectivity index (χ0n) is 12.6. The molecule has 0 bridgehead atoms. The SMILES string of the molecule is CC1CCCN(Cc2ncc(C(C)(C)C)s2)C1CN. The number of thiazole rings is 1. The van der Waals surface area contributed by atoms with E-state index in [1.54, 1.807) is 0 Å². The van der Waals surface area contributed by atoms with Crippen LogP contribution < -0.4 is 5.73 Å². The second kappa shape index (κ2) is 5.90. The van der Waals surface area contributed by atoms with Crippen LogP contribution in [0.3, 0.4) is 0 Å². The van der Waals surface area contributed by atoms with E-state index in [0.717, 1.165) is 19.6 Å². The van der Waals surface area contributed by atoms with Gasteiger partial charge >= 0.3 is 0 Å². The zero-order chi connectivity index (χ0) is 14.0. The molecule has 4 heteroatoms. The third kappa shape index (κ3) is 3.56. The molecule has 0 amide bonds. The van der Waals surface area contributed by atoms with E-state index in [2.05, 4.69) is 37.6 Å². The molecular formula is C15H27N3S. The van der Waals surface area contributed by atoms with Gasteiger partial charge in [0.05, 0.1) is 6.54 Å². The highest BCUT2D eigenvalue weighted by Crippen LogP contribution is 2.30. The molecule has 1 saturated heterocycles. The first kappa shape index (κ1) is 14.9. The number of rotatable bonds is 3. The zero-order valence-corrected chi connectivity index (χ0v) is 13.5. The van der Waals surface area contributed by atoms with Crippen LogP contribution in [0.25, 0.3) is 0 Å². The van der Waals surface area contributed by atoms with Crippen LogP contribution in [0, 0.1) is 5.92 Å². The summed E-state index contributed by atoms with van der Waals surface area (Å²) in [7, 11) is 0. The van der Waals surface area contributed by atoms with Crippen LogP contribution in [0.4, 0.5) is 0 Å². The van der Waals surface area contributed by atoms with Gasteiger partial charge in [-0.2, -0.15) is 0 Å². The number of nitrogens with two attached hydrogens (primary N) is 1. The highest BCUT2D eigenvalue weighted by Gasteiger charge is 2.28. The Balaban J connectivity index is 2.05. The lowest BCUT2D eigenvalue weighted by atomic mass is 9.91. The molecule has 1 fully saturated rings. The van der Waals surface area contributed by atoms with Gasteiger partial charge in [-0.05, 0) is 30.7 Å². The van der Waals surface area contributed by atoms with E-state index in [4.69, 9.17) is 5.73 Å². The number of nitrogens with zero attached hydrogens (tertiary/aromatic N) is 2. The van der Waals surface area contributed by atoms with Crippen LogP contribution in [0.5, 0.6) is 0 Å². The first-order valence-electron chi connectivity index (χ1n) is 7.31. The van der Waals surface area contributed by atoms with Crippen molar-refractivity contribution in [3.05, 3.63) is 16.1 Å². The summed E-state index contributed by atoms with van der Waals surface area (Å²) in [6, 6.07) is 0.524. The summed E-state index contributed by atoms with van der Waals surface area (Å²) in [5.41, 5.74) is 6.16. The van der Waals surface area contributed by atoms with Gasteiger partial charge in [-0.25, -0.2) is 4.98 Å².